The number of benzene rings is 2. The summed E-state index contributed by atoms with van der Waals surface area (Å²) in [6.07, 6.45) is 0. The van der Waals surface area contributed by atoms with Gasteiger partial charge in [0.15, 0.2) is 0 Å². The first-order valence-electron chi connectivity index (χ1n) is 8.50. The van der Waals surface area contributed by atoms with Crippen LogP contribution in [0, 0.1) is 24.0 Å². The molecule has 9 heteroatoms. The van der Waals surface area contributed by atoms with Gasteiger partial charge < -0.3 is 10.3 Å². The summed E-state index contributed by atoms with van der Waals surface area (Å²) in [5.74, 6) is 0.525. The third kappa shape index (κ3) is 3.09. The van der Waals surface area contributed by atoms with Gasteiger partial charge in [-0.25, -0.2) is 4.98 Å². The van der Waals surface area contributed by atoms with Crippen LogP contribution in [-0.2, 0) is 0 Å². The normalized spacial score (nSPS) is 10.9. The molecule has 28 heavy (non-hydrogen) atoms. The van der Waals surface area contributed by atoms with E-state index in [0.717, 1.165) is 11.0 Å². The molecule has 0 radical (unpaired) electrons. The fourth-order valence-electron chi connectivity index (χ4n) is 2.98. The van der Waals surface area contributed by atoms with Crippen LogP contribution < -0.4 is 5.32 Å². The first-order valence-corrected chi connectivity index (χ1v) is 8.50. The van der Waals surface area contributed by atoms with Gasteiger partial charge in [-0.2, -0.15) is 9.78 Å². The van der Waals surface area contributed by atoms with Crippen LogP contribution in [0.5, 0.6) is 0 Å². The van der Waals surface area contributed by atoms with E-state index in [1.165, 1.54) is 22.9 Å². The molecule has 0 saturated heterocycles. The lowest BCUT2D eigenvalue weighted by Crippen LogP contribution is -2.16. The van der Waals surface area contributed by atoms with E-state index in [4.69, 9.17) is 0 Å². The molecule has 2 aromatic carbocycles. The standard InChI is InChI=1S/C19H16N6O3/c1-11-9-13(7-8-16(11)25(27)28)18(26)22-17-10-12(2)23-24(17)19-20-14-5-3-4-6-15(14)21-19/h3-10H,1-2H3,(H,20,21)(H,22,26). The van der Waals surface area contributed by atoms with Gasteiger partial charge in [-0.15, -0.1) is 0 Å². The van der Waals surface area contributed by atoms with Crippen LogP contribution >= 0.6 is 0 Å². The number of hydrogen-bond acceptors (Lipinski definition) is 5. The molecular formula is C19H16N6O3. The highest BCUT2D eigenvalue weighted by molar-refractivity contribution is 6.04. The van der Waals surface area contributed by atoms with Gasteiger partial charge in [-0.05, 0) is 38.1 Å². The van der Waals surface area contributed by atoms with Crippen molar-refractivity contribution in [1.29, 1.82) is 0 Å². The van der Waals surface area contributed by atoms with E-state index in [2.05, 4.69) is 20.4 Å². The van der Waals surface area contributed by atoms with Gasteiger partial charge in [-0.3, -0.25) is 14.9 Å². The Hall–Kier alpha value is -4.01. The number of para-hydroxylation sites is 2. The van der Waals surface area contributed by atoms with Crippen molar-refractivity contribution >= 4 is 28.4 Å². The predicted molar refractivity (Wildman–Crippen MR) is 104 cm³/mol. The third-order valence-electron chi connectivity index (χ3n) is 4.31. The molecule has 0 aliphatic rings. The Morgan fingerprint density at radius 2 is 1.96 bits per heavy atom. The van der Waals surface area contributed by atoms with Gasteiger partial charge in [0.05, 0.1) is 21.7 Å². The first-order chi connectivity index (χ1) is 13.4. The number of fused-ring (bicyclic) bond motifs is 1. The van der Waals surface area contributed by atoms with Crippen molar-refractivity contribution in [2.24, 2.45) is 0 Å². The molecule has 0 bridgehead atoms. The summed E-state index contributed by atoms with van der Waals surface area (Å²) in [5, 5.41) is 18.1. The molecule has 1 amide bonds. The van der Waals surface area contributed by atoms with Gasteiger partial charge in [0, 0.05) is 23.3 Å². The number of amides is 1. The Labute approximate surface area is 159 Å². The highest BCUT2D eigenvalue weighted by Gasteiger charge is 2.17. The number of H-pyrrole nitrogens is 1. The van der Waals surface area contributed by atoms with Gasteiger partial charge in [0.25, 0.3) is 11.6 Å². The maximum atomic E-state index is 12.7. The van der Waals surface area contributed by atoms with E-state index < -0.39 is 10.8 Å². The van der Waals surface area contributed by atoms with E-state index in [-0.39, 0.29) is 5.69 Å². The number of aryl methyl sites for hydroxylation is 2. The maximum Gasteiger partial charge on any atom is 0.272 e. The number of carbonyl (C=O) groups excluding carboxylic acids is 1. The monoisotopic (exact) mass is 376 g/mol. The summed E-state index contributed by atoms with van der Waals surface area (Å²) >= 11 is 0. The lowest BCUT2D eigenvalue weighted by molar-refractivity contribution is -0.385. The van der Waals surface area contributed by atoms with Crippen LogP contribution in [0.4, 0.5) is 11.5 Å². The second-order valence-electron chi connectivity index (χ2n) is 6.37. The molecule has 9 nitrogen and oxygen atoms in total. The average molecular weight is 376 g/mol. The second-order valence-corrected chi connectivity index (χ2v) is 6.37. The minimum absolute atomic E-state index is 0.0280. The van der Waals surface area contributed by atoms with E-state index in [1.807, 2.05) is 31.2 Å². The summed E-state index contributed by atoms with van der Waals surface area (Å²) in [6, 6.07) is 13.5. The number of carbonyl (C=O) groups is 1. The lowest BCUT2D eigenvalue weighted by atomic mass is 10.1. The molecule has 2 aromatic heterocycles. The number of nitrogens with zero attached hydrogens (tertiary/aromatic N) is 4. The van der Waals surface area contributed by atoms with E-state index in [1.54, 1.807) is 13.0 Å². The number of nitro groups is 1. The summed E-state index contributed by atoms with van der Waals surface area (Å²) in [4.78, 5) is 30.8. The van der Waals surface area contributed by atoms with E-state index in [9.17, 15) is 14.9 Å². The Morgan fingerprint density at radius 1 is 1.18 bits per heavy atom. The Morgan fingerprint density at radius 3 is 2.68 bits per heavy atom. The smallest absolute Gasteiger partial charge is 0.272 e. The van der Waals surface area contributed by atoms with Crippen LogP contribution in [0.1, 0.15) is 21.6 Å². The zero-order chi connectivity index (χ0) is 19.8. The van der Waals surface area contributed by atoms with Crippen molar-refractivity contribution in [3.05, 3.63) is 75.5 Å². The summed E-state index contributed by atoms with van der Waals surface area (Å²) in [7, 11) is 0. The van der Waals surface area contributed by atoms with Crippen LogP contribution in [0.25, 0.3) is 17.0 Å². The molecule has 0 spiro atoms. The third-order valence-corrected chi connectivity index (χ3v) is 4.31. The molecule has 2 heterocycles. The van der Waals surface area contributed by atoms with Crippen molar-refractivity contribution < 1.29 is 9.72 Å². The fourth-order valence-corrected chi connectivity index (χ4v) is 2.98. The molecule has 0 atom stereocenters. The fraction of sp³-hybridized carbons (Fsp3) is 0.105. The number of nitro benzene ring substituents is 1. The molecule has 0 saturated carbocycles. The highest BCUT2D eigenvalue weighted by Crippen LogP contribution is 2.22. The zero-order valence-corrected chi connectivity index (χ0v) is 15.1. The minimum atomic E-state index is -0.475. The maximum absolute atomic E-state index is 12.7. The van der Waals surface area contributed by atoms with Crippen LogP contribution in [-0.4, -0.2) is 30.6 Å². The van der Waals surface area contributed by atoms with Crippen molar-refractivity contribution in [3.8, 4) is 5.95 Å². The largest absolute Gasteiger partial charge is 0.322 e. The number of rotatable bonds is 4. The summed E-state index contributed by atoms with van der Waals surface area (Å²) in [5.41, 5.74) is 3.05. The van der Waals surface area contributed by atoms with Crippen LogP contribution in [0.2, 0.25) is 0 Å². The number of aromatic nitrogens is 4. The molecular weight excluding hydrogens is 360 g/mol. The van der Waals surface area contributed by atoms with Gasteiger partial charge in [0.2, 0.25) is 5.95 Å². The molecule has 0 fully saturated rings. The average Bonchev–Trinajstić information content (AvgIpc) is 3.24. The highest BCUT2D eigenvalue weighted by atomic mass is 16.6. The molecule has 4 aromatic rings. The van der Waals surface area contributed by atoms with Gasteiger partial charge in [-0.1, -0.05) is 12.1 Å². The van der Waals surface area contributed by atoms with Gasteiger partial charge in [0.1, 0.15) is 5.82 Å². The van der Waals surface area contributed by atoms with Crippen molar-refractivity contribution in [2.45, 2.75) is 13.8 Å². The number of hydrogen-bond donors (Lipinski definition) is 2. The summed E-state index contributed by atoms with van der Waals surface area (Å²) in [6.45, 7) is 3.41. The first kappa shape index (κ1) is 17.4. The summed E-state index contributed by atoms with van der Waals surface area (Å²) < 4.78 is 1.52. The predicted octanol–water partition coefficient (Wildman–Crippen LogP) is 3.53. The quantitative estimate of drug-likeness (QED) is 0.417. The molecule has 0 aliphatic carbocycles. The number of aromatic amines is 1. The number of anilines is 1. The van der Waals surface area contributed by atoms with E-state index in [0.29, 0.717) is 28.6 Å². The Bertz CT molecular complexity index is 1190. The lowest BCUT2D eigenvalue weighted by Gasteiger charge is -2.07. The minimum Gasteiger partial charge on any atom is -0.322 e. The van der Waals surface area contributed by atoms with Crippen LogP contribution in [0.15, 0.2) is 48.5 Å². The SMILES string of the molecule is Cc1cc(NC(=O)c2ccc([N+](=O)[O-])c(C)c2)n(-c2nc3ccccc3[nH]2)n1. The molecule has 4 rings (SSSR count). The van der Waals surface area contributed by atoms with Crippen molar-refractivity contribution in [1.82, 2.24) is 19.7 Å². The number of nitrogens with one attached hydrogen (secondary N) is 2. The second kappa shape index (κ2) is 6.62. The van der Waals surface area contributed by atoms with Gasteiger partial charge >= 0.3 is 0 Å². The molecule has 0 aliphatic heterocycles. The van der Waals surface area contributed by atoms with Crippen molar-refractivity contribution in [2.75, 3.05) is 5.32 Å². The zero-order valence-electron chi connectivity index (χ0n) is 15.1. The molecule has 2 N–H and O–H groups in total. The molecule has 140 valence electrons. The Balaban J connectivity index is 1.66. The van der Waals surface area contributed by atoms with Crippen molar-refractivity contribution in [3.63, 3.8) is 0 Å². The Kier molecular flexibility index (Phi) is 4.11. The number of imidazole rings is 1. The van der Waals surface area contributed by atoms with E-state index >= 15 is 0 Å². The topological polar surface area (TPSA) is 119 Å². The van der Waals surface area contributed by atoms with Crippen LogP contribution in [0.3, 0.4) is 0 Å². The molecule has 0 unspecified atom stereocenters.